The van der Waals surface area contributed by atoms with E-state index in [0.29, 0.717) is 0 Å². The molecule has 0 rings (SSSR count). The molecule has 0 radical (unpaired) electrons. The van der Waals surface area contributed by atoms with E-state index in [1.54, 1.807) is 0 Å². The quantitative estimate of drug-likeness (QED) is 0.219. The summed E-state index contributed by atoms with van der Waals surface area (Å²) in [6.45, 7) is 0. The fraction of sp³-hybridized carbons (Fsp3) is 1.00. The molecule has 0 heterocycles. The standard InChI is InChI=1S/C10H3F19O3S.K/c11-1(12)3(14,15)5(18,19)7(22,23)9(26,27)10(28,29)8(24,25)6(20,21)4(16,17)2(13)33(30,31)32;/h1-2H,(H,30,31,32);/q;+1/p-1. The normalized spacial score (nSPS) is 17.0. The van der Waals surface area contributed by atoms with E-state index in [1.807, 2.05) is 0 Å². The van der Waals surface area contributed by atoms with Gasteiger partial charge in [-0.05, 0) is 0 Å². The molecule has 0 aromatic rings. The molecule has 0 N–H and O–H groups in total. The van der Waals surface area contributed by atoms with Gasteiger partial charge in [0.25, 0.3) is 5.50 Å². The van der Waals surface area contributed by atoms with Crippen LogP contribution in [-0.2, 0) is 10.1 Å². The van der Waals surface area contributed by atoms with E-state index >= 15 is 0 Å². The first kappa shape index (κ1) is 36.4. The van der Waals surface area contributed by atoms with Crippen molar-refractivity contribution in [3.63, 3.8) is 0 Å². The van der Waals surface area contributed by atoms with Gasteiger partial charge < -0.3 is 4.55 Å². The Morgan fingerprint density at radius 3 is 0.882 bits per heavy atom. The summed E-state index contributed by atoms with van der Waals surface area (Å²) in [4.78, 5) is 0. The van der Waals surface area contributed by atoms with Crippen LogP contribution in [0.2, 0.25) is 0 Å². The Morgan fingerprint density at radius 2 is 0.676 bits per heavy atom. The molecule has 3 nitrogen and oxygen atoms in total. The average molecular weight is 602 g/mol. The van der Waals surface area contributed by atoms with Crippen LogP contribution in [0.5, 0.6) is 0 Å². The van der Waals surface area contributed by atoms with Crippen molar-refractivity contribution in [2.24, 2.45) is 0 Å². The second-order valence-electron chi connectivity index (χ2n) is 5.80. The zero-order chi connectivity index (χ0) is 27.7. The fourth-order valence-corrected chi connectivity index (χ4v) is 2.18. The Balaban J connectivity index is 0. The van der Waals surface area contributed by atoms with Crippen molar-refractivity contribution in [2.45, 2.75) is 59.3 Å². The van der Waals surface area contributed by atoms with Gasteiger partial charge in [0.2, 0.25) is 0 Å². The third kappa shape index (κ3) is 4.76. The van der Waals surface area contributed by atoms with Crippen LogP contribution in [0.4, 0.5) is 83.4 Å². The second-order valence-corrected chi connectivity index (χ2v) is 7.20. The molecular formula is C10H2F19KO3S. The number of rotatable bonds is 10. The molecule has 0 bridgehead atoms. The summed E-state index contributed by atoms with van der Waals surface area (Å²) in [6, 6.07) is 0. The zero-order valence-electron chi connectivity index (χ0n) is 15.0. The molecule has 0 saturated heterocycles. The van der Waals surface area contributed by atoms with Crippen LogP contribution in [-0.4, -0.2) is 72.3 Å². The third-order valence-electron chi connectivity index (χ3n) is 3.62. The van der Waals surface area contributed by atoms with Gasteiger partial charge in [-0.3, -0.25) is 0 Å². The molecule has 24 heteroatoms. The van der Waals surface area contributed by atoms with Gasteiger partial charge in [0.15, 0.2) is 0 Å². The van der Waals surface area contributed by atoms with Crippen molar-refractivity contribution < 1.29 is 148 Å². The van der Waals surface area contributed by atoms with Gasteiger partial charge in [-0.2, -0.15) is 70.2 Å². The summed E-state index contributed by atoms with van der Waals surface area (Å²) in [5.74, 6) is -68.8. The van der Waals surface area contributed by atoms with Crippen LogP contribution < -0.4 is 51.4 Å². The van der Waals surface area contributed by atoms with Crippen LogP contribution in [0, 0.1) is 0 Å². The molecule has 0 aromatic carbocycles. The Labute approximate surface area is 216 Å². The van der Waals surface area contributed by atoms with E-state index in [9.17, 15) is 96.4 Å². The van der Waals surface area contributed by atoms with Crippen molar-refractivity contribution in [1.82, 2.24) is 0 Å². The van der Waals surface area contributed by atoms with Crippen LogP contribution >= 0.6 is 0 Å². The van der Waals surface area contributed by atoms with Gasteiger partial charge in [-0.1, -0.05) is 0 Å². The van der Waals surface area contributed by atoms with Crippen LogP contribution in [0.1, 0.15) is 0 Å². The summed E-state index contributed by atoms with van der Waals surface area (Å²) in [7, 11) is -7.53. The Bertz CT molecular complexity index is 837. The Hall–Kier alpha value is 0.216. The van der Waals surface area contributed by atoms with Crippen molar-refractivity contribution in [3.8, 4) is 0 Å². The smallest absolute Gasteiger partial charge is 0.746 e. The minimum Gasteiger partial charge on any atom is -0.746 e. The maximum atomic E-state index is 13.3. The first-order valence-corrected chi connectivity index (χ1v) is 8.21. The first-order valence-electron chi connectivity index (χ1n) is 6.74. The fourth-order valence-electron chi connectivity index (χ4n) is 1.67. The third-order valence-corrected chi connectivity index (χ3v) is 4.42. The van der Waals surface area contributed by atoms with Gasteiger partial charge in [0.1, 0.15) is 10.1 Å². The molecule has 0 aliphatic heterocycles. The monoisotopic (exact) mass is 602 g/mol. The first-order chi connectivity index (χ1) is 13.8. The molecule has 0 spiro atoms. The predicted molar refractivity (Wildman–Crippen MR) is 60.2 cm³/mol. The molecule has 34 heavy (non-hydrogen) atoms. The van der Waals surface area contributed by atoms with Gasteiger partial charge in [0, 0.05) is 0 Å². The van der Waals surface area contributed by atoms with E-state index < -0.39 is 69.4 Å². The second kappa shape index (κ2) is 9.51. The van der Waals surface area contributed by atoms with E-state index in [2.05, 4.69) is 0 Å². The average Bonchev–Trinajstić information content (AvgIpc) is 2.58. The molecule has 1 atom stereocenters. The largest absolute Gasteiger partial charge is 1.00 e. The minimum atomic E-state index is -9.08. The molecular weight excluding hydrogens is 600 g/mol. The molecule has 0 aromatic heterocycles. The summed E-state index contributed by atoms with van der Waals surface area (Å²) in [5, 5.41) is 0. The topological polar surface area (TPSA) is 57.2 Å². The van der Waals surface area contributed by atoms with Crippen molar-refractivity contribution in [1.29, 1.82) is 0 Å². The van der Waals surface area contributed by atoms with E-state index in [1.165, 1.54) is 0 Å². The number of halogens is 19. The SMILES string of the molecule is O=S(=O)([O-])C(F)C(F)(F)C(F)(F)C(F)(F)C(F)(F)C(F)(F)C(F)(F)C(F)(F)C(F)(F)C(F)F.[K+]. The molecule has 0 amide bonds. The predicted octanol–water partition coefficient (Wildman–Crippen LogP) is 2.18. The molecule has 0 saturated carbocycles. The van der Waals surface area contributed by atoms with E-state index in [-0.39, 0.29) is 51.4 Å². The van der Waals surface area contributed by atoms with E-state index in [4.69, 9.17) is 0 Å². The molecule has 200 valence electrons. The van der Waals surface area contributed by atoms with Crippen molar-refractivity contribution in [3.05, 3.63) is 0 Å². The van der Waals surface area contributed by atoms with Gasteiger partial charge in [-0.15, -0.1) is 0 Å². The number of alkyl halides is 19. The maximum Gasteiger partial charge on any atom is 1.00 e. The number of hydrogen-bond acceptors (Lipinski definition) is 3. The van der Waals surface area contributed by atoms with Gasteiger partial charge >= 0.3 is 105 Å². The maximum absolute atomic E-state index is 13.3. The summed E-state index contributed by atoms with van der Waals surface area (Å²) in [6.07, 6.45) is -6.12. The van der Waals surface area contributed by atoms with Crippen LogP contribution in [0.3, 0.4) is 0 Å². The Morgan fingerprint density at radius 1 is 0.471 bits per heavy atom. The molecule has 0 aliphatic rings. The van der Waals surface area contributed by atoms with Gasteiger partial charge in [-0.25, -0.2) is 21.6 Å². The van der Waals surface area contributed by atoms with Gasteiger partial charge in [0.05, 0.1) is 0 Å². The number of hydrogen-bond donors (Lipinski definition) is 0. The zero-order valence-corrected chi connectivity index (χ0v) is 18.9. The van der Waals surface area contributed by atoms with Crippen molar-refractivity contribution >= 4 is 10.1 Å². The molecule has 0 fully saturated rings. The summed E-state index contributed by atoms with van der Waals surface area (Å²) >= 11 is 0. The minimum absolute atomic E-state index is 0. The van der Waals surface area contributed by atoms with E-state index in [0.717, 1.165) is 0 Å². The molecule has 0 aliphatic carbocycles. The van der Waals surface area contributed by atoms with Crippen molar-refractivity contribution in [2.75, 3.05) is 0 Å². The summed E-state index contributed by atoms with van der Waals surface area (Å²) < 4.78 is 275. The molecule has 1 unspecified atom stereocenters. The Kier molecular flexibility index (Phi) is 10.2. The van der Waals surface area contributed by atoms with Crippen LogP contribution in [0.15, 0.2) is 0 Å². The van der Waals surface area contributed by atoms with Crippen LogP contribution in [0.25, 0.3) is 0 Å². The summed E-state index contributed by atoms with van der Waals surface area (Å²) in [5.41, 5.74) is -6.18.